The molecule has 6 heteroatoms. The van der Waals surface area contributed by atoms with Gasteiger partial charge in [0.2, 0.25) is 0 Å². The molecule has 0 saturated heterocycles. The van der Waals surface area contributed by atoms with E-state index in [0.717, 1.165) is 21.5 Å². The maximum atomic E-state index is 12.7. The summed E-state index contributed by atoms with van der Waals surface area (Å²) in [5, 5.41) is 5.01. The van der Waals surface area contributed by atoms with Crippen LogP contribution in [-0.4, -0.2) is 16.0 Å². The van der Waals surface area contributed by atoms with Crippen LogP contribution < -0.4 is 21.5 Å². The van der Waals surface area contributed by atoms with Gasteiger partial charge in [-0.05, 0) is 0 Å². The number of benzene rings is 3. The Kier molecular flexibility index (Phi) is 4.82. The number of hydrogen-bond acceptors (Lipinski definition) is 3. The topological polar surface area (TPSA) is 34.4 Å². The van der Waals surface area contributed by atoms with Crippen molar-refractivity contribution in [2.75, 3.05) is 6.66 Å². The summed E-state index contributed by atoms with van der Waals surface area (Å²) in [6.07, 6.45) is 1.75. The average molecular weight is 463 g/mol. The van der Waals surface area contributed by atoms with E-state index in [4.69, 9.17) is 16.2 Å². The summed E-state index contributed by atoms with van der Waals surface area (Å²) < 4.78 is 1.57. The second kappa shape index (κ2) is 7.42. The summed E-state index contributed by atoms with van der Waals surface area (Å²) >= 11 is 9.33. The van der Waals surface area contributed by atoms with Gasteiger partial charge in [0.25, 0.3) is 0 Å². The van der Waals surface area contributed by atoms with Crippen LogP contribution in [0.4, 0.5) is 0 Å². The van der Waals surface area contributed by atoms with Crippen LogP contribution in [0.5, 0.6) is 0 Å². The molecule has 3 aromatic carbocycles. The van der Waals surface area contributed by atoms with Crippen molar-refractivity contribution in [2.24, 2.45) is 0 Å². The number of halogens is 1. The Morgan fingerprint density at radius 2 is 1.45 bits per heavy atom. The third kappa shape index (κ3) is 3.14. The van der Waals surface area contributed by atoms with Crippen LogP contribution in [0, 0.1) is 0 Å². The summed E-state index contributed by atoms with van der Waals surface area (Å²) in [6, 6.07) is 30.2. The molecule has 31 heavy (non-hydrogen) atoms. The molecular formula is C25H20ClN2OPS. The molecule has 0 unspecified atom stereocenters. The molecule has 0 fully saturated rings. The fraction of sp³-hybridized carbons (Fsp3) is 0.0400. The van der Waals surface area contributed by atoms with Crippen LogP contribution in [0.1, 0.15) is 0 Å². The number of hydrogen-bond donors (Lipinski definition) is 0. The van der Waals surface area contributed by atoms with Gasteiger partial charge in [-0.3, -0.25) is 0 Å². The summed E-state index contributed by atoms with van der Waals surface area (Å²) in [5.74, 6) is -3.36. The van der Waals surface area contributed by atoms with E-state index >= 15 is 0 Å². The van der Waals surface area contributed by atoms with Gasteiger partial charge in [0, 0.05) is 0 Å². The summed E-state index contributed by atoms with van der Waals surface area (Å²) in [7, 11) is 0. The molecule has 0 aliphatic rings. The Labute approximate surface area is 189 Å². The minimum atomic E-state index is -3.36. The zero-order valence-electron chi connectivity index (χ0n) is 16.9. The molecule has 5 aromatic rings. The molecule has 154 valence electrons. The Hall–Kier alpha value is -2.78. The van der Waals surface area contributed by atoms with Crippen molar-refractivity contribution in [3.05, 3.63) is 113 Å². The summed E-state index contributed by atoms with van der Waals surface area (Å²) in [4.78, 5) is 18.2. The molecule has 0 aliphatic carbocycles. The van der Waals surface area contributed by atoms with Crippen molar-refractivity contribution >= 4 is 49.4 Å². The molecular weight excluding hydrogens is 443 g/mol. The van der Waals surface area contributed by atoms with Gasteiger partial charge in [-0.1, -0.05) is 0 Å². The normalized spacial score (nSPS) is 13.0. The van der Waals surface area contributed by atoms with E-state index < -0.39 is 5.96 Å². The number of thiazole rings is 1. The van der Waals surface area contributed by atoms with Crippen molar-refractivity contribution in [3.63, 3.8) is 0 Å². The molecule has 5 rings (SSSR count). The fourth-order valence-corrected chi connectivity index (χ4v) is 9.78. The van der Waals surface area contributed by atoms with Crippen LogP contribution >= 0.6 is 28.5 Å². The standard InChI is InChI=1S/C25H20ClN2OPS/c1-30(26,19-10-4-2-5-11-19,20-12-6-3-7-13-20)23-15-9-8-14-21(23)22-18-24(29)28-16-17-31-25(28)27-22/h2-18H,1H3. The van der Waals surface area contributed by atoms with Crippen LogP contribution in [0.2, 0.25) is 0 Å². The van der Waals surface area contributed by atoms with Gasteiger partial charge in [-0.25, -0.2) is 0 Å². The molecule has 0 atom stereocenters. The van der Waals surface area contributed by atoms with Crippen molar-refractivity contribution in [1.82, 2.24) is 9.38 Å². The van der Waals surface area contributed by atoms with Crippen LogP contribution in [0.15, 0.2) is 107 Å². The van der Waals surface area contributed by atoms with E-state index in [1.165, 1.54) is 11.3 Å². The van der Waals surface area contributed by atoms with Gasteiger partial charge < -0.3 is 0 Å². The monoisotopic (exact) mass is 462 g/mol. The number of nitrogens with zero attached hydrogens (tertiary/aromatic N) is 2. The Bertz CT molecular complexity index is 1400. The molecule has 0 radical (unpaired) electrons. The second-order valence-corrected chi connectivity index (χ2v) is 15.4. The van der Waals surface area contributed by atoms with Crippen molar-refractivity contribution in [2.45, 2.75) is 0 Å². The van der Waals surface area contributed by atoms with E-state index in [2.05, 4.69) is 37.0 Å². The number of fused-ring (bicyclic) bond motifs is 1. The van der Waals surface area contributed by atoms with Gasteiger partial charge in [0.1, 0.15) is 0 Å². The maximum absolute atomic E-state index is 12.7. The van der Waals surface area contributed by atoms with E-state index in [0.29, 0.717) is 10.7 Å². The molecule has 3 nitrogen and oxygen atoms in total. The van der Waals surface area contributed by atoms with Crippen LogP contribution in [0.3, 0.4) is 0 Å². The molecule has 0 saturated carbocycles. The molecule has 0 bridgehead atoms. The van der Waals surface area contributed by atoms with Crippen molar-refractivity contribution in [1.29, 1.82) is 0 Å². The SMILES string of the molecule is CP(Cl)(c1ccccc1)(c1ccccc1)c1ccccc1-c1cc(=O)n2ccsc2n1. The molecule has 0 N–H and O–H groups in total. The van der Waals surface area contributed by atoms with E-state index in [1.807, 2.05) is 60.0 Å². The summed E-state index contributed by atoms with van der Waals surface area (Å²) in [5.41, 5.74) is 1.44. The zero-order chi connectivity index (χ0) is 21.5. The number of rotatable bonds is 4. The first kappa shape index (κ1) is 20.1. The quantitative estimate of drug-likeness (QED) is 0.351. The minimum absolute atomic E-state index is 0.0959. The van der Waals surface area contributed by atoms with Crippen LogP contribution in [0.25, 0.3) is 16.2 Å². The Morgan fingerprint density at radius 3 is 2.10 bits per heavy atom. The van der Waals surface area contributed by atoms with Gasteiger partial charge >= 0.3 is 190 Å². The Balaban J connectivity index is 1.87. The first-order chi connectivity index (χ1) is 15.0. The summed E-state index contributed by atoms with van der Waals surface area (Å²) in [6.45, 7) is 2.16. The molecule has 0 aliphatic heterocycles. The molecule has 0 amide bonds. The van der Waals surface area contributed by atoms with E-state index in [9.17, 15) is 4.79 Å². The Morgan fingerprint density at radius 1 is 0.871 bits per heavy atom. The third-order valence-corrected chi connectivity index (χ3v) is 12.9. The van der Waals surface area contributed by atoms with Crippen LogP contribution in [-0.2, 0) is 0 Å². The molecule has 2 aromatic heterocycles. The average Bonchev–Trinajstić information content (AvgIpc) is 3.30. The molecule has 2 heterocycles. The first-order valence-electron chi connectivity index (χ1n) is 9.89. The van der Waals surface area contributed by atoms with Gasteiger partial charge in [-0.15, -0.1) is 0 Å². The fourth-order valence-electron chi connectivity index (χ4n) is 4.13. The van der Waals surface area contributed by atoms with E-state index in [1.54, 1.807) is 16.7 Å². The predicted molar refractivity (Wildman–Crippen MR) is 135 cm³/mol. The predicted octanol–water partition coefficient (Wildman–Crippen LogP) is 5.04. The van der Waals surface area contributed by atoms with Gasteiger partial charge in [-0.2, -0.15) is 0 Å². The van der Waals surface area contributed by atoms with Crippen molar-refractivity contribution < 1.29 is 0 Å². The van der Waals surface area contributed by atoms with Gasteiger partial charge in [0.05, 0.1) is 0 Å². The zero-order valence-corrected chi connectivity index (χ0v) is 19.3. The van der Waals surface area contributed by atoms with E-state index in [-0.39, 0.29) is 5.56 Å². The second-order valence-electron chi connectivity index (χ2n) is 7.65. The molecule has 0 spiro atoms. The number of aromatic nitrogens is 2. The van der Waals surface area contributed by atoms with Gasteiger partial charge in [0.15, 0.2) is 0 Å². The van der Waals surface area contributed by atoms with Crippen molar-refractivity contribution in [3.8, 4) is 11.3 Å². The third-order valence-electron chi connectivity index (χ3n) is 5.80. The first-order valence-corrected chi connectivity index (χ1v) is 14.4.